The maximum absolute atomic E-state index is 13.5. The van der Waals surface area contributed by atoms with Crippen molar-refractivity contribution in [2.45, 2.75) is 19.9 Å². The quantitative estimate of drug-likeness (QED) is 0.493. The van der Waals surface area contributed by atoms with Crippen molar-refractivity contribution in [1.29, 1.82) is 0 Å². The van der Waals surface area contributed by atoms with Crippen LogP contribution in [0.2, 0.25) is 0 Å². The molecule has 0 unspecified atom stereocenters. The van der Waals surface area contributed by atoms with Crippen molar-refractivity contribution in [2.75, 3.05) is 25.9 Å². The number of halogens is 1. The normalized spacial score (nSPS) is 16.6. The van der Waals surface area contributed by atoms with E-state index >= 15 is 0 Å². The number of aryl methyl sites for hydroxylation is 1. The monoisotopic (exact) mass is 489 g/mol. The van der Waals surface area contributed by atoms with Crippen LogP contribution in [-0.4, -0.2) is 70.0 Å². The summed E-state index contributed by atoms with van der Waals surface area (Å²) in [5.41, 5.74) is 1.24. The SMILES string of the molecule is Cc1cc(CNC(=O)c2cc(C(=O)NC[C@H]3CCN(S(C)(=O)=O)C3)n3ncnc3n2)ccc1F. The third-order valence-corrected chi connectivity index (χ3v) is 6.93. The fourth-order valence-corrected chi connectivity index (χ4v) is 4.69. The van der Waals surface area contributed by atoms with Crippen molar-refractivity contribution in [3.05, 3.63) is 58.9 Å². The van der Waals surface area contributed by atoms with E-state index < -0.39 is 21.8 Å². The summed E-state index contributed by atoms with van der Waals surface area (Å²) in [5.74, 6) is -1.28. The van der Waals surface area contributed by atoms with Crippen LogP contribution in [0.5, 0.6) is 0 Å². The standard InChI is InChI=1S/C21H24FN7O4S/c1-13-7-14(3-4-16(13)22)9-23-19(30)17-8-18(29-21(27-17)25-12-26-29)20(31)24-10-15-5-6-28(11-15)34(2,32)33/h3-4,7-8,12,15H,5-6,9-11H2,1-2H3,(H,23,30)(H,24,31)/t15-/m1/s1. The second kappa shape index (κ2) is 9.43. The largest absolute Gasteiger partial charge is 0.350 e. The van der Waals surface area contributed by atoms with Crippen molar-refractivity contribution in [2.24, 2.45) is 5.92 Å². The topological polar surface area (TPSA) is 139 Å². The summed E-state index contributed by atoms with van der Waals surface area (Å²) in [7, 11) is -3.27. The molecule has 13 heteroatoms. The first-order valence-corrected chi connectivity index (χ1v) is 12.4. The zero-order valence-corrected chi connectivity index (χ0v) is 19.5. The van der Waals surface area contributed by atoms with Crippen molar-refractivity contribution in [3.8, 4) is 0 Å². The number of sulfonamides is 1. The van der Waals surface area contributed by atoms with Gasteiger partial charge in [-0.15, -0.1) is 0 Å². The Bertz CT molecular complexity index is 1360. The van der Waals surface area contributed by atoms with Gasteiger partial charge in [0.15, 0.2) is 0 Å². The molecule has 34 heavy (non-hydrogen) atoms. The molecule has 2 N–H and O–H groups in total. The molecule has 1 aromatic carbocycles. The molecule has 0 spiro atoms. The smallest absolute Gasteiger partial charge is 0.270 e. The van der Waals surface area contributed by atoms with Gasteiger partial charge in [-0.2, -0.15) is 14.6 Å². The summed E-state index contributed by atoms with van der Waals surface area (Å²) in [4.78, 5) is 33.7. The van der Waals surface area contributed by atoms with Gasteiger partial charge in [0, 0.05) is 32.2 Å². The van der Waals surface area contributed by atoms with Crippen LogP contribution in [0, 0.1) is 18.7 Å². The highest BCUT2D eigenvalue weighted by Gasteiger charge is 2.29. The van der Waals surface area contributed by atoms with Crippen LogP contribution in [-0.2, 0) is 16.6 Å². The number of benzene rings is 1. The van der Waals surface area contributed by atoms with E-state index in [-0.39, 0.29) is 42.0 Å². The third-order valence-electron chi connectivity index (χ3n) is 5.66. The third kappa shape index (κ3) is 5.20. The van der Waals surface area contributed by atoms with Gasteiger partial charge >= 0.3 is 0 Å². The zero-order chi connectivity index (χ0) is 24.5. The summed E-state index contributed by atoms with van der Waals surface area (Å²) >= 11 is 0. The second-order valence-corrected chi connectivity index (χ2v) is 10.2. The van der Waals surface area contributed by atoms with Gasteiger partial charge in [-0.25, -0.2) is 22.1 Å². The molecule has 180 valence electrons. The first-order valence-electron chi connectivity index (χ1n) is 10.6. The van der Waals surface area contributed by atoms with Crippen LogP contribution >= 0.6 is 0 Å². The molecule has 3 aromatic rings. The summed E-state index contributed by atoms with van der Waals surface area (Å²) < 4.78 is 39.5. The van der Waals surface area contributed by atoms with Gasteiger partial charge in [0.1, 0.15) is 23.5 Å². The first-order chi connectivity index (χ1) is 16.1. The number of nitrogens with zero attached hydrogens (tertiary/aromatic N) is 5. The zero-order valence-electron chi connectivity index (χ0n) is 18.7. The Hall–Kier alpha value is -3.45. The van der Waals surface area contributed by atoms with Gasteiger partial charge in [0.2, 0.25) is 10.0 Å². The molecule has 0 saturated carbocycles. The minimum absolute atomic E-state index is 0.0197. The van der Waals surface area contributed by atoms with Crippen LogP contribution in [0.3, 0.4) is 0 Å². The highest BCUT2D eigenvalue weighted by molar-refractivity contribution is 7.88. The number of hydrogen-bond acceptors (Lipinski definition) is 7. The lowest BCUT2D eigenvalue weighted by molar-refractivity contribution is 0.0940. The maximum atomic E-state index is 13.5. The number of carbonyl (C=O) groups is 2. The maximum Gasteiger partial charge on any atom is 0.270 e. The molecule has 1 aliphatic heterocycles. The molecule has 1 atom stereocenters. The van der Waals surface area contributed by atoms with E-state index in [1.165, 1.54) is 27.3 Å². The van der Waals surface area contributed by atoms with E-state index in [4.69, 9.17) is 0 Å². The summed E-state index contributed by atoms with van der Waals surface area (Å²) in [5, 5.41) is 9.49. The second-order valence-electron chi connectivity index (χ2n) is 8.25. The van der Waals surface area contributed by atoms with E-state index in [0.717, 1.165) is 6.26 Å². The van der Waals surface area contributed by atoms with Crippen molar-refractivity contribution >= 4 is 27.6 Å². The molecule has 0 radical (unpaired) electrons. The van der Waals surface area contributed by atoms with E-state index in [0.29, 0.717) is 30.6 Å². The van der Waals surface area contributed by atoms with Gasteiger partial charge in [-0.05, 0) is 36.5 Å². The Labute approximate surface area is 195 Å². The molecule has 4 rings (SSSR count). The van der Waals surface area contributed by atoms with Crippen molar-refractivity contribution in [1.82, 2.24) is 34.5 Å². The fraction of sp³-hybridized carbons (Fsp3) is 0.381. The number of aromatic nitrogens is 4. The Morgan fingerprint density at radius 1 is 1.21 bits per heavy atom. The average Bonchev–Trinajstić information content (AvgIpc) is 3.46. The summed E-state index contributed by atoms with van der Waals surface area (Å²) in [6.07, 6.45) is 3.03. The number of amides is 2. The lowest BCUT2D eigenvalue weighted by Crippen LogP contribution is -2.34. The highest BCUT2D eigenvalue weighted by Crippen LogP contribution is 2.18. The fourth-order valence-electron chi connectivity index (χ4n) is 3.77. The van der Waals surface area contributed by atoms with E-state index in [2.05, 4.69) is 25.7 Å². The molecule has 1 aliphatic rings. The lowest BCUT2D eigenvalue weighted by Gasteiger charge is -2.14. The number of hydrogen-bond donors (Lipinski definition) is 2. The molecule has 11 nitrogen and oxygen atoms in total. The summed E-state index contributed by atoms with van der Waals surface area (Å²) in [6, 6.07) is 5.86. The number of fused-ring (bicyclic) bond motifs is 1. The number of carbonyl (C=O) groups excluding carboxylic acids is 2. The molecule has 3 heterocycles. The summed E-state index contributed by atoms with van der Waals surface area (Å²) in [6.45, 7) is 2.82. The molecule has 0 bridgehead atoms. The van der Waals surface area contributed by atoms with Gasteiger partial charge in [-0.3, -0.25) is 9.59 Å². The number of nitrogens with one attached hydrogen (secondary N) is 2. The number of rotatable bonds is 7. The molecular weight excluding hydrogens is 465 g/mol. The minimum Gasteiger partial charge on any atom is -0.350 e. The van der Waals surface area contributed by atoms with Crippen molar-refractivity contribution in [3.63, 3.8) is 0 Å². The van der Waals surface area contributed by atoms with Crippen LogP contribution in [0.4, 0.5) is 4.39 Å². The van der Waals surface area contributed by atoms with Gasteiger partial charge in [-0.1, -0.05) is 12.1 Å². The Morgan fingerprint density at radius 2 is 2.00 bits per heavy atom. The van der Waals surface area contributed by atoms with E-state index in [9.17, 15) is 22.4 Å². The van der Waals surface area contributed by atoms with E-state index in [1.807, 2.05) is 0 Å². The highest BCUT2D eigenvalue weighted by atomic mass is 32.2. The van der Waals surface area contributed by atoms with Gasteiger partial charge in [0.25, 0.3) is 17.6 Å². The molecule has 1 saturated heterocycles. The Kier molecular flexibility index (Phi) is 6.57. The average molecular weight is 490 g/mol. The van der Waals surface area contributed by atoms with Crippen LogP contribution < -0.4 is 10.6 Å². The van der Waals surface area contributed by atoms with E-state index in [1.54, 1.807) is 19.1 Å². The first kappa shape index (κ1) is 23.7. The van der Waals surface area contributed by atoms with Crippen molar-refractivity contribution < 1.29 is 22.4 Å². The Morgan fingerprint density at radius 3 is 2.71 bits per heavy atom. The van der Waals surface area contributed by atoms with Crippen LogP contribution in [0.25, 0.3) is 5.78 Å². The van der Waals surface area contributed by atoms with Crippen LogP contribution in [0.15, 0.2) is 30.6 Å². The molecule has 1 fully saturated rings. The predicted molar refractivity (Wildman–Crippen MR) is 120 cm³/mol. The molecular formula is C21H24FN7O4S. The van der Waals surface area contributed by atoms with Gasteiger partial charge in [0.05, 0.1) is 6.26 Å². The Balaban J connectivity index is 1.45. The van der Waals surface area contributed by atoms with Gasteiger partial charge < -0.3 is 10.6 Å². The molecule has 2 amide bonds. The predicted octanol–water partition coefficient (Wildman–Crippen LogP) is 0.513. The lowest BCUT2D eigenvalue weighted by atomic mass is 10.1. The minimum atomic E-state index is -3.27. The van der Waals surface area contributed by atoms with Crippen LogP contribution in [0.1, 0.15) is 38.5 Å². The molecule has 2 aromatic heterocycles. The molecule has 0 aliphatic carbocycles.